The number of phenolic OH excluding ortho intramolecular Hbond substituents is 1. The smallest absolute Gasteiger partial charge is 0.405 e. The van der Waals surface area contributed by atoms with Gasteiger partial charge in [0.05, 0.1) is 6.61 Å². The molecule has 2 aliphatic rings. The molecule has 1 spiro atoms. The van der Waals surface area contributed by atoms with Gasteiger partial charge in [0.25, 0.3) is 0 Å². The predicted octanol–water partition coefficient (Wildman–Crippen LogP) is 5.29. The Morgan fingerprint density at radius 1 is 0.931 bits per heavy atom. The van der Waals surface area contributed by atoms with Gasteiger partial charge in [0.2, 0.25) is 0 Å². The summed E-state index contributed by atoms with van der Waals surface area (Å²) in [6.45, 7) is -0.752. The number of hydrogen-bond donors (Lipinski definition) is 2. The van der Waals surface area contributed by atoms with Crippen LogP contribution in [0, 0.1) is 0 Å². The SMILES string of the molecule is Oc1ccc2c(c1)Oc1cc(NCC(F)(F)F)ccc1C21OCc2ccccc21. The van der Waals surface area contributed by atoms with Crippen LogP contribution in [0.1, 0.15) is 22.3 Å². The van der Waals surface area contributed by atoms with Gasteiger partial charge in [-0.1, -0.05) is 24.3 Å². The molecule has 2 N–H and O–H groups in total. The average molecular weight is 399 g/mol. The van der Waals surface area contributed by atoms with Crippen molar-refractivity contribution in [2.75, 3.05) is 11.9 Å². The third-order valence-corrected chi connectivity index (χ3v) is 5.26. The van der Waals surface area contributed by atoms with Crippen LogP contribution in [0.15, 0.2) is 60.7 Å². The van der Waals surface area contributed by atoms with E-state index in [1.165, 1.54) is 12.1 Å². The van der Waals surface area contributed by atoms with Crippen LogP contribution in [0.3, 0.4) is 0 Å². The van der Waals surface area contributed by atoms with Gasteiger partial charge >= 0.3 is 6.18 Å². The van der Waals surface area contributed by atoms with Gasteiger partial charge in [0.15, 0.2) is 5.60 Å². The van der Waals surface area contributed by atoms with Crippen molar-refractivity contribution in [1.82, 2.24) is 0 Å². The molecular weight excluding hydrogens is 383 g/mol. The molecule has 3 aromatic carbocycles. The summed E-state index contributed by atoms with van der Waals surface area (Å²) >= 11 is 0. The maximum absolute atomic E-state index is 12.6. The van der Waals surface area contributed by atoms with Crippen molar-refractivity contribution < 1.29 is 27.8 Å². The minimum absolute atomic E-state index is 0.0278. The highest BCUT2D eigenvalue weighted by Crippen LogP contribution is 2.56. The van der Waals surface area contributed by atoms with E-state index >= 15 is 0 Å². The van der Waals surface area contributed by atoms with Gasteiger partial charge in [-0.15, -0.1) is 0 Å². The van der Waals surface area contributed by atoms with Gasteiger partial charge < -0.3 is 19.9 Å². The summed E-state index contributed by atoms with van der Waals surface area (Å²) in [7, 11) is 0. The number of hydrogen-bond acceptors (Lipinski definition) is 4. The number of aromatic hydroxyl groups is 1. The molecule has 4 nitrogen and oxygen atoms in total. The number of ether oxygens (including phenoxy) is 2. The van der Waals surface area contributed by atoms with Crippen molar-refractivity contribution in [3.05, 3.63) is 82.9 Å². The lowest BCUT2D eigenvalue weighted by molar-refractivity contribution is -0.115. The van der Waals surface area contributed by atoms with Gasteiger partial charge in [-0.05, 0) is 35.4 Å². The molecule has 0 saturated carbocycles. The van der Waals surface area contributed by atoms with Crippen LogP contribution in [0.5, 0.6) is 17.2 Å². The fourth-order valence-corrected chi connectivity index (χ4v) is 4.06. The summed E-state index contributed by atoms with van der Waals surface area (Å²) in [6.07, 6.45) is -4.33. The number of rotatable bonds is 2. The Labute approximate surface area is 164 Å². The topological polar surface area (TPSA) is 50.7 Å². The summed E-state index contributed by atoms with van der Waals surface area (Å²) in [5.41, 5.74) is 2.76. The molecule has 7 heteroatoms. The lowest BCUT2D eigenvalue weighted by Gasteiger charge is -2.37. The molecule has 0 radical (unpaired) electrons. The number of fused-ring (bicyclic) bond motifs is 6. The normalized spacial score (nSPS) is 19.3. The van der Waals surface area contributed by atoms with E-state index in [0.29, 0.717) is 23.7 Å². The zero-order chi connectivity index (χ0) is 20.2. The van der Waals surface area contributed by atoms with Gasteiger partial charge in [-0.2, -0.15) is 13.2 Å². The van der Waals surface area contributed by atoms with Gasteiger partial charge in [0, 0.05) is 28.9 Å². The van der Waals surface area contributed by atoms with Crippen molar-refractivity contribution in [2.45, 2.75) is 18.4 Å². The zero-order valence-electron chi connectivity index (χ0n) is 15.1. The van der Waals surface area contributed by atoms with Gasteiger partial charge in [-0.3, -0.25) is 0 Å². The minimum atomic E-state index is -4.33. The monoisotopic (exact) mass is 399 g/mol. The molecule has 1 atom stereocenters. The lowest BCUT2D eigenvalue weighted by Crippen LogP contribution is -2.32. The van der Waals surface area contributed by atoms with Crippen molar-refractivity contribution >= 4 is 5.69 Å². The highest BCUT2D eigenvalue weighted by molar-refractivity contribution is 5.67. The Morgan fingerprint density at radius 3 is 2.45 bits per heavy atom. The van der Waals surface area contributed by atoms with Crippen LogP contribution < -0.4 is 10.1 Å². The van der Waals surface area contributed by atoms with Crippen LogP contribution in [-0.2, 0) is 16.9 Å². The predicted molar refractivity (Wildman–Crippen MR) is 100 cm³/mol. The second-order valence-corrected chi connectivity index (χ2v) is 7.09. The van der Waals surface area contributed by atoms with Crippen LogP contribution in [0.2, 0.25) is 0 Å². The molecule has 0 fully saturated rings. The third kappa shape index (κ3) is 2.81. The minimum Gasteiger partial charge on any atom is -0.508 e. The number of anilines is 1. The molecule has 0 aromatic heterocycles. The molecule has 29 heavy (non-hydrogen) atoms. The fourth-order valence-electron chi connectivity index (χ4n) is 4.06. The van der Waals surface area contributed by atoms with Crippen molar-refractivity contribution in [1.29, 1.82) is 0 Å². The van der Waals surface area contributed by atoms with E-state index in [1.54, 1.807) is 24.3 Å². The van der Waals surface area contributed by atoms with E-state index in [-0.39, 0.29) is 11.4 Å². The highest BCUT2D eigenvalue weighted by Gasteiger charge is 2.49. The number of nitrogens with one attached hydrogen (secondary N) is 1. The Hall–Kier alpha value is -3.19. The number of halogens is 3. The molecule has 0 amide bonds. The number of phenols is 1. The molecule has 2 heterocycles. The second-order valence-electron chi connectivity index (χ2n) is 7.09. The van der Waals surface area contributed by atoms with Crippen LogP contribution in [0.25, 0.3) is 0 Å². The lowest BCUT2D eigenvalue weighted by atomic mass is 9.77. The van der Waals surface area contributed by atoms with E-state index in [4.69, 9.17) is 9.47 Å². The van der Waals surface area contributed by atoms with Crippen molar-refractivity contribution in [2.24, 2.45) is 0 Å². The van der Waals surface area contributed by atoms with E-state index in [1.807, 2.05) is 24.3 Å². The third-order valence-electron chi connectivity index (χ3n) is 5.26. The van der Waals surface area contributed by atoms with E-state index < -0.39 is 18.3 Å². The van der Waals surface area contributed by atoms with Crippen LogP contribution in [-0.4, -0.2) is 17.8 Å². The first-order chi connectivity index (χ1) is 13.9. The molecule has 5 rings (SSSR count). The standard InChI is InChI=1S/C22H16F3NO3/c23-21(24,25)12-26-14-5-7-17-19(9-14)29-20-10-15(27)6-8-18(20)22(17)16-4-2-1-3-13(16)11-28-22/h1-10,26-27H,11-12H2. The summed E-state index contributed by atoms with van der Waals surface area (Å²) in [4.78, 5) is 0. The van der Waals surface area contributed by atoms with Gasteiger partial charge in [-0.25, -0.2) is 0 Å². The molecule has 148 valence electrons. The maximum atomic E-state index is 12.6. The Bertz CT molecular complexity index is 1110. The molecule has 2 aliphatic heterocycles. The Morgan fingerprint density at radius 2 is 1.66 bits per heavy atom. The second kappa shape index (κ2) is 6.15. The summed E-state index contributed by atoms with van der Waals surface area (Å²) in [6, 6.07) is 17.5. The Kier molecular flexibility index (Phi) is 3.79. The first kappa shape index (κ1) is 17.9. The molecular formula is C22H16F3NO3. The molecule has 0 saturated heterocycles. The first-order valence-corrected chi connectivity index (χ1v) is 9.06. The molecule has 3 aromatic rings. The molecule has 1 unspecified atom stereocenters. The zero-order valence-corrected chi connectivity index (χ0v) is 15.1. The largest absolute Gasteiger partial charge is 0.508 e. The summed E-state index contributed by atoms with van der Waals surface area (Å²) < 4.78 is 50.1. The highest BCUT2D eigenvalue weighted by atomic mass is 19.4. The van der Waals surface area contributed by atoms with E-state index in [0.717, 1.165) is 16.7 Å². The first-order valence-electron chi connectivity index (χ1n) is 9.06. The van der Waals surface area contributed by atoms with Gasteiger partial charge in [0.1, 0.15) is 23.8 Å². The van der Waals surface area contributed by atoms with Crippen molar-refractivity contribution in [3.63, 3.8) is 0 Å². The maximum Gasteiger partial charge on any atom is 0.405 e. The average Bonchev–Trinajstić information content (AvgIpc) is 3.06. The quantitative estimate of drug-likeness (QED) is 0.615. The van der Waals surface area contributed by atoms with Crippen LogP contribution in [0.4, 0.5) is 18.9 Å². The van der Waals surface area contributed by atoms with E-state index in [2.05, 4.69) is 5.32 Å². The molecule has 0 aliphatic carbocycles. The number of alkyl halides is 3. The fraction of sp³-hybridized carbons (Fsp3) is 0.182. The number of benzene rings is 3. The molecule has 0 bridgehead atoms. The van der Waals surface area contributed by atoms with E-state index in [9.17, 15) is 18.3 Å². The van der Waals surface area contributed by atoms with Crippen molar-refractivity contribution in [3.8, 4) is 17.2 Å². The summed E-state index contributed by atoms with van der Waals surface area (Å²) in [5, 5.41) is 12.3. The summed E-state index contributed by atoms with van der Waals surface area (Å²) in [5.74, 6) is 0.814. The van der Waals surface area contributed by atoms with Crippen LogP contribution >= 0.6 is 0 Å². The Balaban J connectivity index is 1.68.